The number of pyridine rings is 1. The minimum atomic E-state index is -0.208. The largest absolute Gasteiger partial charge is 0.383 e. The number of hydrazine groups is 1. The van der Waals surface area contributed by atoms with Gasteiger partial charge in [0.25, 0.3) is 0 Å². The SMILES string of the molecule is Cc1ccnc(N)c1C(NN)c1cscn1. The van der Waals surface area contributed by atoms with E-state index in [9.17, 15) is 0 Å². The van der Waals surface area contributed by atoms with Gasteiger partial charge in [0.05, 0.1) is 17.2 Å². The molecule has 16 heavy (non-hydrogen) atoms. The highest BCUT2D eigenvalue weighted by molar-refractivity contribution is 7.07. The van der Waals surface area contributed by atoms with Crippen LogP contribution in [0.25, 0.3) is 0 Å². The van der Waals surface area contributed by atoms with Crippen molar-refractivity contribution in [3.05, 3.63) is 40.0 Å². The van der Waals surface area contributed by atoms with Crippen LogP contribution in [-0.4, -0.2) is 9.97 Å². The van der Waals surface area contributed by atoms with Crippen LogP contribution < -0.4 is 17.0 Å². The number of nitrogens with one attached hydrogen (secondary N) is 1. The van der Waals surface area contributed by atoms with E-state index in [4.69, 9.17) is 11.6 Å². The highest BCUT2D eigenvalue weighted by Gasteiger charge is 2.19. The lowest BCUT2D eigenvalue weighted by Crippen LogP contribution is -2.30. The highest BCUT2D eigenvalue weighted by Crippen LogP contribution is 2.27. The number of hydrogen-bond acceptors (Lipinski definition) is 6. The molecule has 2 aromatic heterocycles. The molecule has 0 spiro atoms. The van der Waals surface area contributed by atoms with Crippen molar-refractivity contribution in [1.29, 1.82) is 0 Å². The molecule has 84 valence electrons. The third kappa shape index (κ3) is 1.90. The Bertz CT molecular complexity index is 448. The molecule has 6 heteroatoms. The van der Waals surface area contributed by atoms with Gasteiger partial charge in [0.15, 0.2) is 0 Å². The maximum Gasteiger partial charge on any atom is 0.128 e. The maximum absolute atomic E-state index is 5.87. The minimum absolute atomic E-state index is 0.208. The van der Waals surface area contributed by atoms with Gasteiger partial charge < -0.3 is 5.73 Å². The number of thiazole rings is 1. The Morgan fingerprint density at radius 3 is 2.81 bits per heavy atom. The van der Waals surface area contributed by atoms with Crippen LogP contribution in [0.5, 0.6) is 0 Å². The Hall–Kier alpha value is -1.50. The first-order valence-corrected chi connectivity index (χ1v) is 5.73. The average molecular weight is 235 g/mol. The highest BCUT2D eigenvalue weighted by atomic mass is 32.1. The molecule has 5 N–H and O–H groups in total. The molecule has 0 amide bonds. The van der Waals surface area contributed by atoms with E-state index in [1.165, 1.54) is 11.3 Å². The molecule has 2 rings (SSSR count). The summed E-state index contributed by atoms with van der Waals surface area (Å²) in [4.78, 5) is 8.32. The molecule has 0 aliphatic carbocycles. The van der Waals surface area contributed by atoms with E-state index in [-0.39, 0.29) is 6.04 Å². The molecule has 1 atom stereocenters. The molecule has 1 unspecified atom stereocenters. The molecular weight excluding hydrogens is 222 g/mol. The van der Waals surface area contributed by atoms with Crippen LogP contribution in [0.2, 0.25) is 0 Å². The van der Waals surface area contributed by atoms with Crippen molar-refractivity contribution >= 4 is 17.2 Å². The molecule has 0 saturated heterocycles. The standard InChI is InChI=1S/C10H13N5S/c1-6-2-3-13-10(11)8(6)9(15-12)7-4-16-5-14-7/h2-5,9,15H,12H2,1H3,(H2,11,13). The summed E-state index contributed by atoms with van der Waals surface area (Å²) in [6.07, 6.45) is 1.68. The molecular formula is C10H13N5S. The van der Waals surface area contributed by atoms with Crippen LogP contribution in [-0.2, 0) is 0 Å². The van der Waals surface area contributed by atoms with Gasteiger partial charge in [-0.3, -0.25) is 5.84 Å². The zero-order valence-electron chi connectivity index (χ0n) is 8.84. The Labute approximate surface area is 97.5 Å². The summed E-state index contributed by atoms with van der Waals surface area (Å²) >= 11 is 1.52. The first-order chi connectivity index (χ1) is 7.74. The molecule has 0 aliphatic rings. The third-order valence-electron chi connectivity index (χ3n) is 2.44. The second-order valence-electron chi connectivity index (χ2n) is 3.44. The molecule has 5 nitrogen and oxygen atoms in total. The summed E-state index contributed by atoms with van der Waals surface area (Å²) in [5.41, 5.74) is 13.2. The van der Waals surface area contributed by atoms with Crippen molar-refractivity contribution < 1.29 is 0 Å². The van der Waals surface area contributed by atoms with Gasteiger partial charge in [-0.05, 0) is 18.6 Å². The second kappa shape index (κ2) is 4.56. The third-order valence-corrected chi connectivity index (χ3v) is 3.05. The number of nitrogens with two attached hydrogens (primary N) is 2. The zero-order valence-corrected chi connectivity index (χ0v) is 9.66. The minimum Gasteiger partial charge on any atom is -0.383 e. The number of hydrogen-bond donors (Lipinski definition) is 3. The van der Waals surface area contributed by atoms with Crippen molar-refractivity contribution in [3.63, 3.8) is 0 Å². The predicted octanol–water partition coefficient (Wildman–Crippen LogP) is 0.981. The van der Waals surface area contributed by atoms with Crippen LogP contribution in [0.4, 0.5) is 5.82 Å². The summed E-state index contributed by atoms with van der Waals surface area (Å²) in [5.74, 6) is 6.05. The zero-order chi connectivity index (χ0) is 11.5. The lowest BCUT2D eigenvalue weighted by Gasteiger charge is -2.17. The molecule has 0 radical (unpaired) electrons. The second-order valence-corrected chi connectivity index (χ2v) is 4.16. The van der Waals surface area contributed by atoms with Crippen LogP contribution in [0.3, 0.4) is 0 Å². The Morgan fingerprint density at radius 2 is 2.25 bits per heavy atom. The van der Waals surface area contributed by atoms with Gasteiger partial charge >= 0.3 is 0 Å². The van der Waals surface area contributed by atoms with E-state index in [2.05, 4.69) is 15.4 Å². The van der Waals surface area contributed by atoms with Gasteiger partial charge in [-0.2, -0.15) is 0 Å². The number of aromatic nitrogens is 2. The van der Waals surface area contributed by atoms with Crippen molar-refractivity contribution in [3.8, 4) is 0 Å². The van der Waals surface area contributed by atoms with Crippen LogP contribution in [0, 0.1) is 6.92 Å². The lowest BCUT2D eigenvalue weighted by atomic mass is 10.0. The van der Waals surface area contributed by atoms with Gasteiger partial charge in [0.1, 0.15) is 5.82 Å². The summed E-state index contributed by atoms with van der Waals surface area (Å²) < 4.78 is 0. The van der Waals surface area contributed by atoms with E-state index >= 15 is 0 Å². The van der Waals surface area contributed by atoms with Gasteiger partial charge in [-0.25, -0.2) is 15.4 Å². The van der Waals surface area contributed by atoms with E-state index in [1.807, 2.05) is 18.4 Å². The van der Waals surface area contributed by atoms with E-state index in [1.54, 1.807) is 11.7 Å². The van der Waals surface area contributed by atoms with Crippen LogP contribution in [0.1, 0.15) is 22.9 Å². The first kappa shape index (κ1) is 11.0. The van der Waals surface area contributed by atoms with E-state index in [0.29, 0.717) is 5.82 Å². The monoisotopic (exact) mass is 235 g/mol. The summed E-state index contributed by atoms with van der Waals surface area (Å²) in [6.45, 7) is 1.98. The summed E-state index contributed by atoms with van der Waals surface area (Å²) in [5, 5.41) is 1.94. The summed E-state index contributed by atoms with van der Waals surface area (Å²) in [6, 6.07) is 1.70. The lowest BCUT2D eigenvalue weighted by molar-refractivity contribution is 0.621. The molecule has 2 aromatic rings. The van der Waals surface area contributed by atoms with Gasteiger partial charge in [-0.15, -0.1) is 11.3 Å². The van der Waals surface area contributed by atoms with Gasteiger partial charge in [0.2, 0.25) is 0 Å². The quantitative estimate of drug-likeness (QED) is 0.545. The molecule has 0 fully saturated rings. The number of aryl methyl sites for hydroxylation is 1. The number of nitrogens with zero attached hydrogens (tertiary/aromatic N) is 2. The Morgan fingerprint density at radius 1 is 1.44 bits per heavy atom. The molecule has 0 saturated carbocycles. The number of anilines is 1. The molecule has 0 bridgehead atoms. The molecule has 2 heterocycles. The van der Waals surface area contributed by atoms with Gasteiger partial charge in [-0.1, -0.05) is 0 Å². The molecule has 0 aliphatic heterocycles. The fraction of sp³-hybridized carbons (Fsp3) is 0.200. The summed E-state index contributed by atoms with van der Waals surface area (Å²) in [7, 11) is 0. The van der Waals surface area contributed by atoms with Crippen molar-refractivity contribution in [1.82, 2.24) is 15.4 Å². The van der Waals surface area contributed by atoms with Crippen molar-refractivity contribution in [2.45, 2.75) is 13.0 Å². The van der Waals surface area contributed by atoms with E-state index < -0.39 is 0 Å². The van der Waals surface area contributed by atoms with Crippen molar-refractivity contribution in [2.75, 3.05) is 5.73 Å². The van der Waals surface area contributed by atoms with Crippen LogP contribution in [0.15, 0.2) is 23.2 Å². The van der Waals surface area contributed by atoms with Crippen LogP contribution >= 0.6 is 11.3 Å². The Balaban J connectivity index is 2.49. The normalized spacial score (nSPS) is 12.6. The fourth-order valence-electron chi connectivity index (χ4n) is 1.65. The van der Waals surface area contributed by atoms with Gasteiger partial charge in [0, 0.05) is 17.1 Å². The topological polar surface area (TPSA) is 89.8 Å². The Kier molecular flexibility index (Phi) is 3.14. The number of rotatable bonds is 3. The first-order valence-electron chi connectivity index (χ1n) is 4.79. The maximum atomic E-state index is 5.87. The average Bonchev–Trinajstić information content (AvgIpc) is 2.77. The smallest absolute Gasteiger partial charge is 0.128 e. The van der Waals surface area contributed by atoms with Crippen molar-refractivity contribution in [2.24, 2.45) is 5.84 Å². The fourth-order valence-corrected chi connectivity index (χ4v) is 2.23. The number of nitrogen functional groups attached to an aromatic ring is 1. The van der Waals surface area contributed by atoms with E-state index in [0.717, 1.165) is 16.8 Å². The predicted molar refractivity (Wildman–Crippen MR) is 64.7 cm³/mol. The molecule has 0 aromatic carbocycles.